The summed E-state index contributed by atoms with van der Waals surface area (Å²) in [6.07, 6.45) is 7.22. The molecular formula is C33H30BrN3O3. The summed E-state index contributed by atoms with van der Waals surface area (Å²) >= 11 is 3.66. The van der Waals surface area contributed by atoms with E-state index in [-0.39, 0.29) is 11.5 Å². The third-order valence-corrected chi connectivity index (χ3v) is 8.16. The molecule has 0 atom stereocenters. The summed E-state index contributed by atoms with van der Waals surface area (Å²) in [6, 6.07) is 25.7. The van der Waals surface area contributed by atoms with Crippen LogP contribution in [0.5, 0.6) is 11.5 Å². The van der Waals surface area contributed by atoms with E-state index in [1.165, 1.54) is 16.5 Å². The first-order valence-electron chi connectivity index (χ1n) is 13.7. The van der Waals surface area contributed by atoms with E-state index >= 15 is 0 Å². The summed E-state index contributed by atoms with van der Waals surface area (Å²) in [5, 5.41) is 7.57. The molecule has 0 spiro atoms. The van der Waals surface area contributed by atoms with Crippen molar-refractivity contribution in [1.82, 2.24) is 9.66 Å². The molecule has 0 bridgehead atoms. The van der Waals surface area contributed by atoms with Gasteiger partial charge in [-0.2, -0.15) is 9.78 Å². The molecule has 0 radical (unpaired) electrons. The Bertz CT molecular complexity index is 1770. The van der Waals surface area contributed by atoms with E-state index in [0.29, 0.717) is 23.5 Å². The van der Waals surface area contributed by atoms with Gasteiger partial charge in [0.15, 0.2) is 11.5 Å². The quantitative estimate of drug-likeness (QED) is 0.180. The molecule has 1 fully saturated rings. The minimum atomic E-state index is -0.150. The average Bonchev–Trinajstić information content (AvgIpc) is 3.00. The number of fused-ring (bicyclic) bond motifs is 2. The second-order valence-corrected chi connectivity index (χ2v) is 11.0. The number of hydrogen-bond acceptors (Lipinski definition) is 5. The lowest BCUT2D eigenvalue weighted by atomic mass is 9.88. The van der Waals surface area contributed by atoms with E-state index in [9.17, 15) is 4.79 Å². The van der Waals surface area contributed by atoms with Crippen molar-refractivity contribution in [3.05, 3.63) is 111 Å². The molecule has 202 valence electrons. The fraction of sp³-hybridized carbons (Fsp3) is 0.242. The van der Waals surface area contributed by atoms with Crippen molar-refractivity contribution in [2.75, 3.05) is 7.11 Å². The van der Waals surface area contributed by atoms with Crippen molar-refractivity contribution in [2.45, 2.75) is 44.6 Å². The van der Waals surface area contributed by atoms with Gasteiger partial charge in [-0.3, -0.25) is 4.79 Å². The van der Waals surface area contributed by atoms with Gasteiger partial charge in [-0.15, -0.1) is 0 Å². The van der Waals surface area contributed by atoms with E-state index < -0.39 is 0 Å². The molecule has 7 heteroatoms. The third-order valence-electron chi connectivity index (χ3n) is 7.58. The average molecular weight is 597 g/mol. The highest BCUT2D eigenvalue weighted by Gasteiger charge is 2.22. The number of hydrogen-bond donors (Lipinski definition) is 0. The first-order valence-corrected chi connectivity index (χ1v) is 14.4. The minimum absolute atomic E-state index is 0.150. The van der Waals surface area contributed by atoms with Crippen molar-refractivity contribution in [2.24, 2.45) is 5.10 Å². The first kappa shape index (κ1) is 26.3. The molecule has 5 aromatic rings. The normalized spacial score (nSPS) is 14.2. The van der Waals surface area contributed by atoms with Gasteiger partial charge < -0.3 is 9.47 Å². The Labute approximate surface area is 241 Å². The van der Waals surface area contributed by atoms with Gasteiger partial charge in [0.1, 0.15) is 12.4 Å². The van der Waals surface area contributed by atoms with Gasteiger partial charge in [0.25, 0.3) is 5.56 Å². The van der Waals surface area contributed by atoms with E-state index in [2.05, 4.69) is 45.3 Å². The van der Waals surface area contributed by atoms with E-state index in [4.69, 9.17) is 14.5 Å². The Morgan fingerprint density at radius 2 is 1.73 bits per heavy atom. The van der Waals surface area contributed by atoms with Crippen molar-refractivity contribution in [3.8, 4) is 11.5 Å². The van der Waals surface area contributed by atoms with Gasteiger partial charge in [0.2, 0.25) is 0 Å². The molecule has 4 aromatic carbocycles. The summed E-state index contributed by atoms with van der Waals surface area (Å²) < 4.78 is 14.2. The second-order valence-electron chi connectivity index (χ2n) is 10.1. The van der Waals surface area contributed by atoms with Gasteiger partial charge in [-0.1, -0.05) is 73.9 Å². The van der Waals surface area contributed by atoms with Crippen molar-refractivity contribution < 1.29 is 9.47 Å². The first-order chi connectivity index (χ1) is 19.6. The van der Waals surface area contributed by atoms with Gasteiger partial charge >= 0.3 is 0 Å². The highest BCUT2D eigenvalue weighted by atomic mass is 79.9. The van der Waals surface area contributed by atoms with Crippen LogP contribution < -0.4 is 15.0 Å². The van der Waals surface area contributed by atoms with Crippen LogP contribution in [0.1, 0.15) is 55.0 Å². The van der Waals surface area contributed by atoms with Crippen LogP contribution in [0.4, 0.5) is 0 Å². The molecule has 40 heavy (non-hydrogen) atoms. The highest BCUT2D eigenvalue weighted by molar-refractivity contribution is 9.10. The number of para-hydroxylation sites is 1. The Kier molecular flexibility index (Phi) is 7.64. The largest absolute Gasteiger partial charge is 0.493 e. The Balaban J connectivity index is 1.32. The van der Waals surface area contributed by atoms with Crippen LogP contribution in [0.3, 0.4) is 0 Å². The number of ether oxygens (including phenoxy) is 2. The molecule has 0 aliphatic heterocycles. The smallest absolute Gasteiger partial charge is 0.282 e. The maximum absolute atomic E-state index is 13.5. The topological polar surface area (TPSA) is 65.7 Å². The van der Waals surface area contributed by atoms with E-state index in [1.807, 2.05) is 54.6 Å². The predicted molar refractivity (Wildman–Crippen MR) is 164 cm³/mol. The fourth-order valence-corrected chi connectivity index (χ4v) is 6.10. The molecule has 0 N–H and O–H groups in total. The molecular weight excluding hydrogens is 566 g/mol. The van der Waals surface area contributed by atoms with Crippen LogP contribution in [-0.2, 0) is 6.61 Å². The molecule has 1 aliphatic carbocycles. The van der Waals surface area contributed by atoms with Crippen molar-refractivity contribution in [1.29, 1.82) is 0 Å². The summed E-state index contributed by atoms with van der Waals surface area (Å²) in [5.74, 6) is 2.14. The summed E-state index contributed by atoms with van der Waals surface area (Å²) in [5.41, 5.74) is 2.44. The Morgan fingerprint density at radius 3 is 2.55 bits per heavy atom. The summed E-state index contributed by atoms with van der Waals surface area (Å²) in [4.78, 5) is 18.4. The minimum Gasteiger partial charge on any atom is -0.493 e. The maximum Gasteiger partial charge on any atom is 0.282 e. The third kappa shape index (κ3) is 5.26. The van der Waals surface area contributed by atoms with Gasteiger partial charge in [0.05, 0.1) is 28.7 Å². The van der Waals surface area contributed by atoms with Crippen molar-refractivity contribution >= 4 is 43.8 Å². The zero-order valence-electron chi connectivity index (χ0n) is 22.3. The second kappa shape index (κ2) is 11.6. The molecule has 0 amide bonds. The molecule has 1 saturated carbocycles. The number of nitrogens with zero attached hydrogens (tertiary/aromatic N) is 3. The van der Waals surface area contributed by atoms with Gasteiger partial charge in [0, 0.05) is 5.92 Å². The maximum atomic E-state index is 13.5. The lowest BCUT2D eigenvalue weighted by Crippen LogP contribution is -2.25. The number of rotatable bonds is 7. The van der Waals surface area contributed by atoms with E-state index in [1.54, 1.807) is 13.3 Å². The van der Waals surface area contributed by atoms with Crippen LogP contribution in [0.2, 0.25) is 0 Å². The zero-order valence-corrected chi connectivity index (χ0v) is 23.9. The number of aromatic nitrogens is 2. The van der Waals surface area contributed by atoms with Crippen LogP contribution in [0.15, 0.2) is 93.2 Å². The van der Waals surface area contributed by atoms with Crippen LogP contribution in [0.25, 0.3) is 21.7 Å². The summed E-state index contributed by atoms with van der Waals surface area (Å²) in [6.45, 7) is 0.395. The van der Waals surface area contributed by atoms with Crippen LogP contribution >= 0.6 is 15.9 Å². The van der Waals surface area contributed by atoms with Crippen LogP contribution in [0, 0.1) is 0 Å². The SMILES string of the molecule is COc1cc(C=Nn2c(C3CCCCC3)nc3ccccc3c2=O)cc(Br)c1OCc1cccc2ccccc12. The molecule has 6 rings (SSSR count). The molecule has 0 unspecified atom stereocenters. The lowest BCUT2D eigenvalue weighted by molar-refractivity contribution is 0.283. The predicted octanol–water partition coefficient (Wildman–Crippen LogP) is 7.83. The zero-order chi connectivity index (χ0) is 27.5. The number of halogens is 1. The summed E-state index contributed by atoms with van der Waals surface area (Å²) in [7, 11) is 1.62. The van der Waals surface area contributed by atoms with Crippen LogP contribution in [-0.4, -0.2) is 23.0 Å². The molecule has 1 aliphatic rings. The van der Waals surface area contributed by atoms with Gasteiger partial charge in [-0.25, -0.2) is 4.98 Å². The highest BCUT2D eigenvalue weighted by Crippen LogP contribution is 2.37. The van der Waals surface area contributed by atoms with Gasteiger partial charge in [-0.05, 0) is 74.9 Å². The monoisotopic (exact) mass is 595 g/mol. The molecule has 0 saturated heterocycles. The Hall–Kier alpha value is -3.97. The Morgan fingerprint density at radius 1 is 0.975 bits per heavy atom. The lowest BCUT2D eigenvalue weighted by Gasteiger charge is -2.22. The number of methoxy groups -OCH3 is 1. The molecule has 6 nitrogen and oxygen atoms in total. The molecule has 1 heterocycles. The van der Waals surface area contributed by atoms with E-state index in [0.717, 1.165) is 58.0 Å². The van der Waals surface area contributed by atoms with Crippen molar-refractivity contribution in [3.63, 3.8) is 0 Å². The number of benzene rings is 4. The molecule has 1 aromatic heterocycles. The standard InChI is InChI=1S/C33H30BrN3O3/c1-39-30-19-22(18-28(34)31(30)40-21-25-14-9-13-23-10-5-6-15-26(23)25)20-35-37-32(24-11-3-2-4-12-24)36-29-17-8-7-16-27(29)33(37)38/h5-10,13-20,24H,2-4,11-12,21H2,1H3. The fourth-order valence-electron chi connectivity index (χ4n) is 5.52.